The van der Waals surface area contributed by atoms with E-state index in [9.17, 15) is 35.4 Å². The highest BCUT2D eigenvalue weighted by molar-refractivity contribution is 5.73. The summed E-state index contributed by atoms with van der Waals surface area (Å²) >= 11 is 0. The number of ether oxygens (including phenoxy) is 6. The minimum atomic E-state index is -1.47. The van der Waals surface area contributed by atoms with Gasteiger partial charge in [0.25, 0.3) is 0 Å². The Morgan fingerprint density at radius 1 is 0.872 bits per heavy atom. The molecule has 0 amide bonds. The third-order valence-corrected chi connectivity index (χ3v) is 8.99. The Balaban J connectivity index is 1.35. The number of hydrogen-bond donors (Lipinski definition) is 6. The Labute approximate surface area is 226 Å². The van der Waals surface area contributed by atoms with Crippen molar-refractivity contribution >= 4 is 5.97 Å². The number of rotatable bonds is 6. The van der Waals surface area contributed by atoms with E-state index in [0.29, 0.717) is 25.9 Å². The second-order valence-electron chi connectivity index (χ2n) is 11.7. The normalized spacial score (nSPS) is 52.5. The van der Waals surface area contributed by atoms with Crippen LogP contribution in [0.3, 0.4) is 0 Å². The van der Waals surface area contributed by atoms with Crippen LogP contribution in [0.25, 0.3) is 0 Å². The largest absolute Gasteiger partial charge is 0.479 e. The molecule has 16 atom stereocenters. The molecule has 6 N–H and O–H groups in total. The molecule has 0 bridgehead atoms. The number of aliphatic hydroxyl groups is 5. The lowest BCUT2D eigenvalue weighted by atomic mass is 9.85. The molecule has 0 spiro atoms. The van der Waals surface area contributed by atoms with Crippen molar-refractivity contribution in [1.82, 2.24) is 0 Å². The van der Waals surface area contributed by atoms with Crippen molar-refractivity contribution in [2.75, 3.05) is 13.2 Å². The van der Waals surface area contributed by atoms with Crippen molar-refractivity contribution in [2.24, 2.45) is 17.8 Å². The van der Waals surface area contributed by atoms with Crippen LogP contribution >= 0.6 is 0 Å². The molecule has 39 heavy (non-hydrogen) atoms. The summed E-state index contributed by atoms with van der Waals surface area (Å²) in [6, 6.07) is 0. The third-order valence-electron chi connectivity index (χ3n) is 8.99. The topological polar surface area (TPSA) is 194 Å². The van der Waals surface area contributed by atoms with Crippen LogP contribution in [0.1, 0.15) is 46.0 Å². The van der Waals surface area contributed by atoms with Gasteiger partial charge < -0.3 is 59.1 Å². The molecular formula is C26H42O13. The molecule has 5 rings (SSSR count). The van der Waals surface area contributed by atoms with E-state index in [0.717, 1.165) is 12.8 Å². The standard InChI is InChI=1S/C26H42O13/c1-10-4-3-5-14(20(10)39-25-19(31)18(30)16(28)11(2)35-25)36-26-23-22(17(29)15(9-27)37-26)38-21(24(32)33)13-8-12(13)6-7-34-23/h10-23,25-31H,3-9H2,1-2H3,(H,32,33)/t10-,11?,12?,13?,14-,15?,16-,17+,18?,19+,20?,21-,22?,23?,25?,26-/m1/s1. The second-order valence-corrected chi connectivity index (χ2v) is 11.7. The first-order chi connectivity index (χ1) is 18.6. The lowest BCUT2D eigenvalue weighted by molar-refractivity contribution is -0.352. The van der Waals surface area contributed by atoms with Crippen LogP contribution in [0.2, 0.25) is 0 Å². The summed E-state index contributed by atoms with van der Waals surface area (Å²) in [4.78, 5) is 12.0. The number of carbonyl (C=O) groups is 1. The van der Waals surface area contributed by atoms with Crippen molar-refractivity contribution in [1.29, 1.82) is 0 Å². The van der Waals surface area contributed by atoms with Crippen LogP contribution in [0.4, 0.5) is 0 Å². The van der Waals surface area contributed by atoms with Gasteiger partial charge in [-0.2, -0.15) is 0 Å². The molecule has 5 aliphatic rings. The van der Waals surface area contributed by atoms with E-state index in [2.05, 4.69) is 0 Å². The van der Waals surface area contributed by atoms with Crippen molar-refractivity contribution in [2.45, 2.75) is 126 Å². The first-order valence-electron chi connectivity index (χ1n) is 14.1. The number of aliphatic carboxylic acids is 1. The van der Waals surface area contributed by atoms with Crippen LogP contribution in [-0.2, 0) is 33.2 Å². The summed E-state index contributed by atoms with van der Waals surface area (Å²) in [7, 11) is 0. The lowest BCUT2D eigenvalue weighted by Crippen LogP contribution is -2.63. The van der Waals surface area contributed by atoms with Gasteiger partial charge in [-0.05, 0) is 50.4 Å². The Morgan fingerprint density at radius 3 is 2.36 bits per heavy atom. The first kappa shape index (κ1) is 29.5. The molecular weight excluding hydrogens is 520 g/mol. The van der Waals surface area contributed by atoms with Gasteiger partial charge in [-0.15, -0.1) is 0 Å². The van der Waals surface area contributed by atoms with Gasteiger partial charge in [0.05, 0.1) is 24.9 Å². The molecule has 0 aromatic carbocycles. The third kappa shape index (κ3) is 6.00. The fourth-order valence-corrected chi connectivity index (χ4v) is 6.48. The zero-order valence-electron chi connectivity index (χ0n) is 22.2. The zero-order chi connectivity index (χ0) is 28.0. The van der Waals surface area contributed by atoms with E-state index in [1.807, 2.05) is 6.92 Å². The Kier molecular flexibility index (Phi) is 9.16. The maximum absolute atomic E-state index is 12.0. The van der Waals surface area contributed by atoms with E-state index in [1.54, 1.807) is 6.92 Å². The minimum Gasteiger partial charge on any atom is -0.479 e. The zero-order valence-corrected chi connectivity index (χ0v) is 22.2. The predicted molar refractivity (Wildman–Crippen MR) is 129 cm³/mol. The Morgan fingerprint density at radius 2 is 1.64 bits per heavy atom. The fraction of sp³-hybridized carbons (Fsp3) is 0.962. The van der Waals surface area contributed by atoms with Gasteiger partial charge in [-0.1, -0.05) is 13.3 Å². The molecule has 13 heteroatoms. The van der Waals surface area contributed by atoms with Gasteiger partial charge in [-0.25, -0.2) is 4.79 Å². The Bertz CT molecular complexity index is 845. The average molecular weight is 563 g/mol. The van der Waals surface area contributed by atoms with Gasteiger partial charge in [-0.3, -0.25) is 0 Å². The van der Waals surface area contributed by atoms with Crippen molar-refractivity contribution in [3.05, 3.63) is 0 Å². The van der Waals surface area contributed by atoms with Gasteiger partial charge in [0.1, 0.15) is 42.7 Å². The fourth-order valence-electron chi connectivity index (χ4n) is 6.48. The van der Waals surface area contributed by atoms with Crippen molar-refractivity contribution in [3.63, 3.8) is 0 Å². The monoisotopic (exact) mass is 562 g/mol. The second kappa shape index (κ2) is 12.1. The summed E-state index contributed by atoms with van der Waals surface area (Å²) in [6.45, 7) is 3.31. The molecule has 2 aliphatic carbocycles. The molecule has 3 heterocycles. The molecule has 13 nitrogen and oxygen atoms in total. The van der Waals surface area contributed by atoms with Crippen LogP contribution in [0.15, 0.2) is 0 Å². The van der Waals surface area contributed by atoms with Crippen molar-refractivity contribution in [3.8, 4) is 0 Å². The first-order valence-corrected chi connectivity index (χ1v) is 14.1. The van der Waals surface area contributed by atoms with Crippen LogP contribution in [0.5, 0.6) is 0 Å². The molecule has 0 radical (unpaired) electrons. The van der Waals surface area contributed by atoms with E-state index < -0.39 is 92.3 Å². The SMILES string of the molecule is CC1OC(OC2[C@H](C)CCC[C@H]2O[C@@H]2OC(CO)[C@H](O)C3O[C@@H](C(=O)O)C4CC4CCOC32)[C@@H](O)C(O)[C@@H]1O. The summed E-state index contributed by atoms with van der Waals surface area (Å²) in [5.74, 6) is -1.14. The number of fused-ring (bicyclic) bond motifs is 2. The summed E-state index contributed by atoms with van der Waals surface area (Å²) in [5.41, 5.74) is 0. The molecule has 9 unspecified atom stereocenters. The Hall–Kier alpha value is -0.970. The molecule has 5 fully saturated rings. The summed E-state index contributed by atoms with van der Waals surface area (Å²) < 4.78 is 36.3. The molecule has 3 saturated heterocycles. The highest BCUT2D eigenvalue weighted by Crippen LogP contribution is 2.47. The summed E-state index contributed by atoms with van der Waals surface area (Å²) in [6.07, 6.45) is -10.5. The predicted octanol–water partition coefficient (Wildman–Crippen LogP) is -1.25. The maximum atomic E-state index is 12.0. The van der Waals surface area contributed by atoms with E-state index in [1.165, 1.54) is 0 Å². The lowest BCUT2D eigenvalue weighted by Gasteiger charge is -2.47. The van der Waals surface area contributed by atoms with E-state index in [-0.39, 0.29) is 17.8 Å². The summed E-state index contributed by atoms with van der Waals surface area (Å²) in [5, 5.41) is 61.5. The average Bonchev–Trinajstić information content (AvgIpc) is 3.66. The molecule has 224 valence electrons. The van der Waals surface area contributed by atoms with Gasteiger partial charge in [0.2, 0.25) is 0 Å². The van der Waals surface area contributed by atoms with Gasteiger partial charge >= 0.3 is 5.97 Å². The van der Waals surface area contributed by atoms with E-state index in [4.69, 9.17) is 28.4 Å². The molecule has 0 aromatic rings. The number of carboxylic acid groups (broad SMARTS) is 1. The highest BCUT2D eigenvalue weighted by atomic mass is 16.7. The van der Waals surface area contributed by atoms with Crippen molar-refractivity contribution < 1.29 is 63.9 Å². The number of aliphatic hydroxyl groups excluding tert-OH is 5. The molecule has 2 saturated carbocycles. The van der Waals surface area contributed by atoms with Crippen LogP contribution in [0, 0.1) is 17.8 Å². The smallest absolute Gasteiger partial charge is 0.333 e. The van der Waals surface area contributed by atoms with Crippen LogP contribution < -0.4 is 0 Å². The highest BCUT2D eigenvalue weighted by Gasteiger charge is 2.55. The van der Waals surface area contributed by atoms with E-state index >= 15 is 0 Å². The van der Waals surface area contributed by atoms with Crippen LogP contribution in [-0.4, -0.2) is 130 Å². The molecule has 3 aliphatic heterocycles. The quantitative estimate of drug-likeness (QED) is 0.225. The van der Waals surface area contributed by atoms with Gasteiger partial charge in [0, 0.05) is 6.61 Å². The maximum Gasteiger partial charge on any atom is 0.333 e. The molecule has 0 aromatic heterocycles. The minimum absolute atomic E-state index is 0.0290. The number of hydrogen-bond acceptors (Lipinski definition) is 12. The number of carboxylic acids is 1. The van der Waals surface area contributed by atoms with Gasteiger partial charge in [0.15, 0.2) is 18.7 Å².